The molecule has 1 saturated heterocycles. The molecule has 1 aromatic carbocycles. The van der Waals surface area contributed by atoms with E-state index >= 15 is 0 Å². The second-order valence-corrected chi connectivity index (χ2v) is 7.90. The fourth-order valence-electron chi connectivity index (χ4n) is 3.61. The molecule has 7 heteroatoms. The van der Waals surface area contributed by atoms with Gasteiger partial charge in [-0.2, -0.15) is 0 Å². The Hall–Kier alpha value is -2.02. The SMILES string of the molecule is CCC[C@H](c1nnnn1C(C)(C)C)N1CCN(c2ccccc2F)CC1. The molecule has 1 aromatic heterocycles. The zero-order valence-electron chi connectivity index (χ0n) is 16.2. The van der Waals surface area contributed by atoms with Crippen molar-refractivity contribution in [1.29, 1.82) is 0 Å². The van der Waals surface area contributed by atoms with Crippen LogP contribution in [0.4, 0.5) is 10.1 Å². The number of hydrogen-bond donors (Lipinski definition) is 0. The van der Waals surface area contributed by atoms with Gasteiger partial charge in [0.1, 0.15) is 5.82 Å². The molecule has 1 fully saturated rings. The first-order chi connectivity index (χ1) is 12.4. The summed E-state index contributed by atoms with van der Waals surface area (Å²) in [5.41, 5.74) is 0.540. The maximum Gasteiger partial charge on any atom is 0.168 e. The molecule has 0 aliphatic carbocycles. The molecule has 0 unspecified atom stereocenters. The third-order valence-corrected chi connectivity index (χ3v) is 4.94. The molecule has 1 atom stereocenters. The van der Waals surface area contributed by atoms with Crippen LogP contribution in [-0.2, 0) is 5.54 Å². The first-order valence-corrected chi connectivity index (χ1v) is 9.44. The van der Waals surface area contributed by atoms with Crippen LogP contribution in [0.1, 0.15) is 52.4 Å². The Morgan fingerprint density at radius 2 is 1.81 bits per heavy atom. The first-order valence-electron chi connectivity index (χ1n) is 9.44. The van der Waals surface area contributed by atoms with E-state index in [2.05, 4.69) is 53.0 Å². The fraction of sp³-hybridized carbons (Fsp3) is 0.632. The summed E-state index contributed by atoms with van der Waals surface area (Å²) in [6.07, 6.45) is 2.07. The van der Waals surface area contributed by atoms with E-state index in [1.165, 1.54) is 6.07 Å². The quantitative estimate of drug-likeness (QED) is 0.819. The molecule has 0 spiro atoms. The van der Waals surface area contributed by atoms with Gasteiger partial charge in [0, 0.05) is 26.2 Å². The first kappa shape index (κ1) is 18.8. The van der Waals surface area contributed by atoms with Crippen molar-refractivity contribution in [1.82, 2.24) is 25.1 Å². The summed E-state index contributed by atoms with van der Waals surface area (Å²) in [6.45, 7) is 11.9. The van der Waals surface area contributed by atoms with Gasteiger partial charge in [0.25, 0.3) is 0 Å². The predicted octanol–water partition coefficient (Wildman–Crippen LogP) is 3.23. The maximum atomic E-state index is 14.1. The van der Waals surface area contributed by atoms with Gasteiger partial charge in [-0.1, -0.05) is 25.5 Å². The monoisotopic (exact) mass is 360 g/mol. The molecule has 6 nitrogen and oxygen atoms in total. The lowest BCUT2D eigenvalue weighted by molar-refractivity contribution is 0.156. The van der Waals surface area contributed by atoms with Gasteiger partial charge >= 0.3 is 0 Å². The number of rotatable bonds is 5. The molecule has 142 valence electrons. The van der Waals surface area contributed by atoms with Crippen LogP contribution in [0.2, 0.25) is 0 Å². The number of benzene rings is 1. The zero-order valence-corrected chi connectivity index (χ0v) is 16.2. The second kappa shape index (κ2) is 7.70. The minimum atomic E-state index is -0.153. The van der Waals surface area contributed by atoms with Gasteiger partial charge in [0.05, 0.1) is 17.3 Å². The van der Waals surface area contributed by atoms with Crippen LogP contribution >= 0.6 is 0 Å². The largest absolute Gasteiger partial charge is 0.367 e. The van der Waals surface area contributed by atoms with Crippen LogP contribution in [-0.4, -0.2) is 51.3 Å². The summed E-state index contributed by atoms with van der Waals surface area (Å²) < 4.78 is 16.0. The number of hydrogen-bond acceptors (Lipinski definition) is 5. The molecule has 0 radical (unpaired) electrons. The van der Waals surface area contributed by atoms with Gasteiger partial charge in [-0.15, -0.1) is 5.10 Å². The molecule has 1 aliphatic rings. The lowest BCUT2D eigenvalue weighted by atomic mass is 10.0. The Morgan fingerprint density at radius 1 is 1.12 bits per heavy atom. The predicted molar refractivity (Wildman–Crippen MR) is 101 cm³/mol. The summed E-state index contributed by atoms with van der Waals surface area (Å²) in [6, 6.07) is 7.20. The van der Waals surface area contributed by atoms with Crippen LogP contribution < -0.4 is 4.90 Å². The van der Waals surface area contributed by atoms with Gasteiger partial charge in [-0.05, 0) is 49.8 Å². The molecule has 26 heavy (non-hydrogen) atoms. The number of para-hydroxylation sites is 1. The molecule has 0 amide bonds. The highest BCUT2D eigenvalue weighted by Crippen LogP contribution is 2.29. The van der Waals surface area contributed by atoms with E-state index in [1.54, 1.807) is 6.07 Å². The highest BCUT2D eigenvalue weighted by molar-refractivity contribution is 5.48. The van der Waals surface area contributed by atoms with Crippen molar-refractivity contribution in [3.63, 3.8) is 0 Å². The van der Waals surface area contributed by atoms with Crippen LogP contribution in [0.3, 0.4) is 0 Å². The molecule has 0 saturated carbocycles. The fourth-order valence-corrected chi connectivity index (χ4v) is 3.61. The third kappa shape index (κ3) is 3.87. The maximum absolute atomic E-state index is 14.1. The Bertz CT molecular complexity index is 715. The van der Waals surface area contributed by atoms with Crippen molar-refractivity contribution in [2.24, 2.45) is 0 Å². The molecule has 3 rings (SSSR count). The number of nitrogens with zero attached hydrogens (tertiary/aromatic N) is 6. The van der Waals surface area contributed by atoms with Crippen molar-refractivity contribution in [2.45, 2.75) is 52.1 Å². The van der Waals surface area contributed by atoms with Gasteiger partial charge in [-0.3, -0.25) is 4.90 Å². The lowest BCUT2D eigenvalue weighted by Gasteiger charge is -2.40. The van der Waals surface area contributed by atoms with E-state index in [9.17, 15) is 4.39 Å². The van der Waals surface area contributed by atoms with E-state index < -0.39 is 0 Å². The molecule has 2 aromatic rings. The van der Waals surface area contributed by atoms with E-state index in [4.69, 9.17) is 0 Å². The van der Waals surface area contributed by atoms with E-state index in [-0.39, 0.29) is 17.4 Å². The highest BCUT2D eigenvalue weighted by Gasteiger charge is 2.31. The van der Waals surface area contributed by atoms with Crippen molar-refractivity contribution >= 4 is 5.69 Å². The number of anilines is 1. The van der Waals surface area contributed by atoms with Gasteiger partial charge < -0.3 is 4.90 Å². The highest BCUT2D eigenvalue weighted by atomic mass is 19.1. The van der Waals surface area contributed by atoms with E-state index in [0.717, 1.165) is 44.8 Å². The van der Waals surface area contributed by atoms with Crippen LogP contribution in [0.15, 0.2) is 24.3 Å². The topological polar surface area (TPSA) is 50.1 Å². The Morgan fingerprint density at radius 3 is 2.42 bits per heavy atom. The molecule has 2 heterocycles. The molecule has 0 N–H and O–H groups in total. The van der Waals surface area contributed by atoms with E-state index in [0.29, 0.717) is 5.69 Å². The normalized spacial score (nSPS) is 17.5. The Labute approximate surface area is 155 Å². The Kier molecular flexibility index (Phi) is 5.55. The summed E-state index contributed by atoms with van der Waals surface area (Å²) in [4.78, 5) is 4.57. The molecule has 1 aliphatic heterocycles. The Balaban J connectivity index is 1.76. The standard InChI is InChI=1S/C19H29FN6/c1-5-8-17(18-21-22-23-26(18)19(2,3)4)25-13-11-24(12-14-25)16-10-7-6-9-15(16)20/h6-7,9-10,17H,5,8,11-14H2,1-4H3/t17-/m1/s1. The smallest absolute Gasteiger partial charge is 0.168 e. The minimum Gasteiger partial charge on any atom is -0.367 e. The van der Waals surface area contributed by atoms with Crippen LogP contribution in [0.25, 0.3) is 0 Å². The second-order valence-electron chi connectivity index (χ2n) is 7.90. The summed E-state index contributed by atoms with van der Waals surface area (Å²) >= 11 is 0. The van der Waals surface area contributed by atoms with Crippen LogP contribution in [0.5, 0.6) is 0 Å². The number of aromatic nitrogens is 4. The lowest BCUT2D eigenvalue weighted by Crippen LogP contribution is -2.48. The number of halogens is 1. The minimum absolute atomic E-state index is 0.150. The number of tetrazole rings is 1. The van der Waals surface area contributed by atoms with Gasteiger partial charge in [0.2, 0.25) is 0 Å². The van der Waals surface area contributed by atoms with Crippen molar-refractivity contribution in [3.8, 4) is 0 Å². The zero-order chi connectivity index (χ0) is 18.7. The van der Waals surface area contributed by atoms with Crippen molar-refractivity contribution in [3.05, 3.63) is 35.9 Å². The number of piperazine rings is 1. The van der Waals surface area contributed by atoms with Crippen molar-refractivity contribution < 1.29 is 4.39 Å². The molecule has 0 bridgehead atoms. The van der Waals surface area contributed by atoms with Gasteiger partial charge in [-0.25, -0.2) is 9.07 Å². The summed E-state index contributed by atoms with van der Waals surface area (Å²) in [5.74, 6) is 0.779. The van der Waals surface area contributed by atoms with E-state index in [1.807, 2.05) is 16.8 Å². The summed E-state index contributed by atoms with van der Waals surface area (Å²) in [7, 11) is 0. The van der Waals surface area contributed by atoms with Gasteiger partial charge in [0.15, 0.2) is 5.82 Å². The average Bonchev–Trinajstić information content (AvgIpc) is 3.10. The third-order valence-electron chi connectivity index (χ3n) is 4.94. The van der Waals surface area contributed by atoms with Crippen molar-refractivity contribution in [2.75, 3.05) is 31.1 Å². The summed E-state index contributed by atoms with van der Waals surface area (Å²) in [5, 5.41) is 12.5. The van der Waals surface area contributed by atoms with Crippen LogP contribution in [0, 0.1) is 5.82 Å². The average molecular weight is 360 g/mol. The molecular weight excluding hydrogens is 331 g/mol. The molecular formula is C19H29FN6.